The normalized spacial score (nSPS) is 11.1. The number of rotatable bonds is 29. The molecule has 0 aliphatic carbocycles. The molecule has 3 N–H and O–H groups in total. The van der Waals surface area contributed by atoms with Crippen molar-refractivity contribution in [2.45, 2.75) is 155 Å². The molecule has 0 heterocycles. The van der Waals surface area contributed by atoms with Gasteiger partial charge in [0.15, 0.2) is 0 Å². The molecule has 0 saturated heterocycles. The highest BCUT2D eigenvalue weighted by Gasteiger charge is 2.05. The zero-order valence-corrected chi connectivity index (χ0v) is 24.6. The van der Waals surface area contributed by atoms with E-state index in [1.165, 1.54) is 114 Å². The van der Waals surface area contributed by atoms with Crippen molar-refractivity contribution in [3.8, 4) is 0 Å². The first-order valence-corrected chi connectivity index (χ1v) is 15.6. The number of aliphatic carboxylic acids is 1. The van der Waals surface area contributed by atoms with E-state index in [-0.39, 0.29) is 26.4 Å². The Labute approximate surface area is 229 Å². The van der Waals surface area contributed by atoms with Crippen LogP contribution in [0.15, 0.2) is 0 Å². The summed E-state index contributed by atoms with van der Waals surface area (Å²) in [5.74, 6) is -0.659. The summed E-state index contributed by atoms with van der Waals surface area (Å²) >= 11 is 0. The topological polar surface area (TPSA) is 99.5 Å². The van der Waals surface area contributed by atoms with Crippen molar-refractivity contribution >= 4 is 5.97 Å². The highest BCUT2D eigenvalue weighted by atomic mass is 16.9. The van der Waals surface area contributed by atoms with E-state index in [4.69, 9.17) is 25.0 Å². The average Bonchev–Trinajstić information content (AvgIpc) is 2.89. The zero-order valence-electron chi connectivity index (χ0n) is 24.6. The van der Waals surface area contributed by atoms with Gasteiger partial charge in [0, 0.05) is 6.42 Å². The van der Waals surface area contributed by atoms with E-state index in [1.807, 2.05) is 0 Å². The van der Waals surface area contributed by atoms with Crippen LogP contribution in [0.2, 0.25) is 0 Å². The molecule has 0 aromatic carbocycles. The van der Waals surface area contributed by atoms with Crippen molar-refractivity contribution in [3.05, 3.63) is 0 Å². The molecule has 0 aliphatic rings. The molecule has 0 spiro atoms. The molecule has 0 bridgehead atoms. The van der Waals surface area contributed by atoms with Crippen LogP contribution < -0.4 is 0 Å². The number of nitrogens with zero attached hydrogens (tertiary/aromatic N) is 1. The number of hydrogen-bond acceptors (Lipinski definition) is 6. The van der Waals surface area contributed by atoms with Gasteiger partial charge in [-0.3, -0.25) is 14.5 Å². The summed E-state index contributed by atoms with van der Waals surface area (Å²) in [5, 5.41) is 27.3. The summed E-state index contributed by atoms with van der Waals surface area (Å²) in [5.41, 5.74) is 0. The standard InChI is InChI=1S/C18H39NO4.C12H24O2/c1-2-3-4-5-6-7-8-9-10-11-12-13-14-19(22-17-15-20)23-18-16-21;1-2-3-4-5-6-7-8-9-10-11-12(13)14/h20-21H,2-18H2,1H3;2-11H2,1H3,(H,13,14). The minimum absolute atomic E-state index is 0.0303. The van der Waals surface area contributed by atoms with Crippen molar-refractivity contribution in [3.63, 3.8) is 0 Å². The van der Waals surface area contributed by atoms with Crippen LogP contribution in [-0.2, 0) is 14.5 Å². The van der Waals surface area contributed by atoms with Crippen molar-refractivity contribution in [2.75, 3.05) is 33.0 Å². The molecule has 0 amide bonds. The van der Waals surface area contributed by atoms with Crippen molar-refractivity contribution in [1.82, 2.24) is 5.23 Å². The van der Waals surface area contributed by atoms with Gasteiger partial charge in [-0.05, 0) is 12.8 Å². The largest absolute Gasteiger partial charge is 0.481 e. The summed E-state index contributed by atoms with van der Waals surface area (Å²) in [6.45, 7) is 5.56. The van der Waals surface area contributed by atoms with Gasteiger partial charge in [0.25, 0.3) is 0 Å². The smallest absolute Gasteiger partial charge is 0.303 e. The van der Waals surface area contributed by atoms with E-state index in [0.29, 0.717) is 13.0 Å². The van der Waals surface area contributed by atoms with Crippen LogP contribution in [0.5, 0.6) is 0 Å². The van der Waals surface area contributed by atoms with Crippen molar-refractivity contribution in [2.24, 2.45) is 0 Å². The SMILES string of the molecule is CCCCCCCCCCCC(=O)O.CCCCCCCCCCCCCCN(OCCO)OCCO. The Morgan fingerprint density at radius 3 is 1.19 bits per heavy atom. The predicted octanol–water partition coefficient (Wildman–Crippen LogP) is 7.83. The molecule has 0 unspecified atom stereocenters. The van der Waals surface area contributed by atoms with E-state index in [2.05, 4.69) is 13.8 Å². The molecule has 0 atom stereocenters. The summed E-state index contributed by atoms with van der Waals surface area (Å²) in [6.07, 6.45) is 27.3. The van der Waals surface area contributed by atoms with E-state index in [0.717, 1.165) is 25.7 Å². The quantitative estimate of drug-likeness (QED) is 0.0665. The molecule has 0 aromatic heterocycles. The van der Waals surface area contributed by atoms with Gasteiger partial charge in [0.2, 0.25) is 0 Å². The van der Waals surface area contributed by atoms with Gasteiger partial charge >= 0.3 is 5.97 Å². The Balaban J connectivity index is 0. The van der Waals surface area contributed by atoms with Gasteiger partial charge in [-0.1, -0.05) is 141 Å². The molecule has 0 radical (unpaired) electrons. The van der Waals surface area contributed by atoms with Gasteiger partial charge in [-0.25, -0.2) is 0 Å². The fraction of sp³-hybridized carbons (Fsp3) is 0.967. The second kappa shape index (κ2) is 35.3. The Kier molecular flexibility index (Phi) is 36.6. The Morgan fingerprint density at radius 2 is 0.865 bits per heavy atom. The Hall–Kier alpha value is -0.730. The van der Waals surface area contributed by atoms with Crippen LogP contribution in [0.1, 0.15) is 155 Å². The maximum absolute atomic E-state index is 10.2. The average molecular weight is 534 g/mol. The summed E-state index contributed by atoms with van der Waals surface area (Å²) in [6, 6.07) is 0. The number of hydroxylamine groups is 2. The lowest BCUT2D eigenvalue weighted by atomic mass is 10.1. The maximum Gasteiger partial charge on any atom is 0.303 e. The molecular weight excluding hydrogens is 470 g/mol. The van der Waals surface area contributed by atoms with Gasteiger partial charge in [-0.2, -0.15) is 0 Å². The minimum Gasteiger partial charge on any atom is -0.481 e. The minimum atomic E-state index is -0.659. The van der Waals surface area contributed by atoms with Gasteiger partial charge in [0.1, 0.15) is 0 Å². The second-order valence-corrected chi connectivity index (χ2v) is 10.0. The molecule has 0 saturated carbocycles. The first kappa shape index (κ1) is 38.4. The first-order valence-electron chi connectivity index (χ1n) is 15.6. The van der Waals surface area contributed by atoms with Crippen LogP contribution >= 0.6 is 0 Å². The molecule has 0 fully saturated rings. The predicted molar refractivity (Wildman–Crippen MR) is 153 cm³/mol. The molecular formula is C30H63NO6. The number of carbonyl (C=O) groups is 1. The number of aliphatic hydroxyl groups excluding tert-OH is 2. The van der Waals surface area contributed by atoms with Gasteiger partial charge in [-0.15, -0.1) is 0 Å². The fourth-order valence-electron chi connectivity index (χ4n) is 4.12. The summed E-state index contributed by atoms with van der Waals surface area (Å²) in [7, 11) is 0. The molecule has 7 heteroatoms. The second-order valence-electron chi connectivity index (χ2n) is 10.0. The van der Waals surface area contributed by atoms with Crippen molar-refractivity contribution in [1.29, 1.82) is 0 Å². The molecule has 224 valence electrons. The van der Waals surface area contributed by atoms with Crippen LogP contribution in [0.25, 0.3) is 0 Å². The van der Waals surface area contributed by atoms with E-state index in [9.17, 15) is 4.79 Å². The number of aliphatic hydroxyl groups is 2. The first-order chi connectivity index (χ1) is 18.1. The molecule has 0 aromatic rings. The Morgan fingerprint density at radius 1 is 0.541 bits per heavy atom. The number of unbranched alkanes of at least 4 members (excludes halogenated alkanes) is 19. The van der Waals surface area contributed by atoms with Gasteiger partial charge < -0.3 is 15.3 Å². The maximum atomic E-state index is 10.2. The molecule has 7 nitrogen and oxygen atoms in total. The number of carboxylic acids is 1. The third-order valence-corrected chi connectivity index (χ3v) is 6.34. The highest BCUT2D eigenvalue weighted by Crippen LogP contribution is 2.12. The van der Waals surface area contributed by atoms with E-state index < -0.39 is 5.97 Å². The van der Waals surface area contributed by atoms with Crippen LogP contribution in [0.3, 0.4) is 0 Å². The highest BCUT2D eigenvalue weighted by molar-refractivity contribution is 5.66. The summed E-state index contributed by atoms with van der Waals surface area (Å²) in [4.78, 5) is 20.7. The van der Waals surface area contributed by atoms with Gasteiger partial charge in [0.05, 0.1) is 33.0 Å². The summed E-state index contributed by atoms with van der Waals surface area (Å²) < 4.78 is 0. The third-order valence-electron chi connectivity index (χ3n) is 6.34. The number of hydrogen-bond donors (Lipinski definition) is 3. The van der Waals surface area contributed by atoms with Crippen LogP contribution in [0.4, 0.5) is 0 Å². The lowest BCUT2D eigenvalue weighted by Crippen LogP contribution is -2.28. The van der Waals surface area contributed by atoms with E-state index >= 15 is 0 Å². The lowest BCUT2D eigenvalue weighted by Gasteiger charge is -2.20. The molecule has 0 rings (SSSR count). The zero-order chi connectivity index (χ0) is 27.7. The number of carboxylic acid groups (broad SMARTS) is 1. The molecule has 37 heavy (non-hydrogen) atoms. The third kappa shape index (κ3) is 37.5. The fourth-order valence-corrected chi connectivity index (χ4v) is 4.12. The lowest BCUT2D eigenvalue weighted by molar-refractivity contribution is -0.371. The monoisotopic (exact) mass is 533 g/mol. The van der Waals surface area contributed by atoms with Crippen LogP contribution in [-0.4, -0.2) is 59.5 Å². The van der Waals surface area contributed by atoms with E-state index in [1.54, 1.807) is 0 Å². The molecule has 0 aliphatic heterocycles. The Bertz CT molecular complexity index is 417. The van der Waals surface area contributed by atoms with Crippen LogP contribution in [0, 0.1) is 0 Å². The van der Waals surface area contributed by atoms with Crippen molar-refractivity contribution < 1.29 is 29.8 Å².